The number of ether oxygens (including phenoxy) is 2. The first-order chi connectivity index (χ1) is 12.9. The highest BCUT2D eigenvalue weighted by atomic mass is 32.2. The standard InChI is InChI=1S/C18H24N2O6S2/c1-11-8-16(25-3)17(26-4)10-14(11)12(2)20-15-7-6-13(28(19,23)24)9-18(15)27(5,21)22/h6-10,12,20H,1-5H3,(H2,19,23,24). The Hall–Kier alpha value is -2.30. The van der Waals surface area contributed by atoms with Gasteiger partial charge in [-0.2, -0.15) is 0 Å². The molecule has 0 spiro atoms. The SMILES string of the molecule is COc1cc(C)c(C(C)Nc2ccc(S(N)(=O)=O)cc2S(C)(=O)=O)cc1OC. The smallest absolute Gasteiger partial charge is 0.238 e. The van der Waals surface area contributed by atoms with Crippen LogP contribution in [0.3, 0.4) is 0 Å². The number of primary sulfonamides is 1. The van der Waals surface area contributed by atoms with Crippen LogP contribution in [0.25, 0.3) is 0 Å². The van der Waals surface area contributed by atoms with Crippen molar-refractivity contribution in [3.8, 4) is 11.5 Å². The Labute approximate surface area is 165 Å². The molecule has 0 aliphatic carbocycles. The molecule has 2 aromatic rings. The monoisotopic (exact) mass is 428 g/mol. The Morgan fingerprint density at radius 1 is 1.00 bits per heavy atom. The van der Waals surface area contributed by atoms with Gasteiger partial charge < -0.3 is 14.8 Å². The van der Waals surface area contributed by atoms with Crippen LogP contribution in [0.4, 0.5) is 5.69 Å². The van der Waals surface area contributed by atoms with Crippen LogP contribution in [0, 0.1) is 6.92 Å². The Balaban J connectivity index is 2.51. The van der Waals surface area contributed by atoms with Gasteiger partial charge in [0.1, 0.15) is 0 Å². The van der Waals surface area contributed by atoms with Gasteiger partial charge in [0.25, 0.3) is 0 Å². The average molecular weight is 429 g/mol. The van der Waals surface area contributed by atoms with Crippen molar-refractivity contribution < 1.29 is 26.3 Å². The molecule has 0 fully saturated rings. The molecule has 0 aliphatic heterocycles. The Bertz CT molecular complexity index is 1100. The van der Waals surface area contributed by atoms with E-state index in [0.29, 0.717) is 11.5 Å². The maximum Gasteiger partial charge on any atom is 0.238 e. The normalized spacial score (nSPS) is 13.1. The van der Waals surface area contributed by atoms with Gasteiger partial charge in [-0.3, -0.25) is 0 Å². The number of benzene rings is 2. The number of nitrogens with two attached hydrogens (primary N) is 1. The summed E-state index contributed by atoms with van der Waals surface area (Å²) < 4.78 is 58.2. The summed E-state index contributed by atoms with van der Waals surface area (Å²) in [6.45, 7) is 3.75. The van der Waals surface area contributed by atoms with Crippen LogP contribution in [0.5, 0.6) is 11.5 Å². The molecule has 1 atom stereocenters. The predicted octanol–water partition coefficient (Wildman–Crippen LogP) is 2.24. The first-order valence-corrected chi connectivity index (χ1v) is 11.7. The lowest BCUT2D eigenvalue weighted by molar-refractivity contribution is 0.354. The molecular weight excluding hydrogens is 404 g/mol. The summed E-state index contributed by atoms with van der Waals surface area (Å²) in [5, 5.41) is 8.25. The van der Waals surface area contributed by atoms with Crippen molar-refractivity contribution in [2.45, 2.75) is 29.7 Å². The van der Waals surface area contributed by atoms with Gasteiger partial charge in [-0.15, -0.1) is 0 Å². The zero-order valence-electron chi connectivity index (χ0n) is 16.3. The molecule has 0 bridgehead atoms. The van der Waals surface area contributed by atoms with E-state index in [1.54, 1.807) is 7.11 Å². The molecule has 0 saturated heterocycles. The van der Waals surface area contributed by atoms with Gasteiger partial charge in [-0.05, 0) is 55.3 Å². The number of sulfonamides is 1. The van der Waals surface area contributed by atoms with Crippen molar-refractivity contribution >= 4 is 25.5 Å². The highest BCUT2D eigenvalue weighted by Crippen LogP contribution is 2.35. The fraction of sp³-hybridized carbons (Fsp3) is 0.333. The lowest BCUT2D eigenvalue weighted by atomic mass is 10.0. The lowest BCUT2D eigenvalue weighted by Crippen LogP contribution is -2.15. The molecule has 0 radical (unpaired) electrons. The number of sulfone groups is 1. The number of anilines is 1. The molecule has 8 nitrogen and oxygen atoms in total. The van der Waals surface area contributed by atoms with E-state index in [0.717, 1.165) is 23.4 Å². The van der Waals surface area contributed by atoms with Crippen LogP contribution < -0.4 is 19.9 Å². The van der Waals surface area contributed by atoms with Gasteiger partial charge in [-0.25, -0.2) is 22.0 Å². The van der Waals surface area contributed by atoms with Crippen LogP contribution >= 0.6 is 0 Å². The molecule has 0 aromatic heterocycles. The van der Waals surface area contributed by atoms with Gasteiger partial charge in [-0.1, -0.05) is 0 Å². The second kappa shape index (κ2) is 7.98. The minimum atomic E-state index is -4.03. The number of aryl methyl sites for hydroxylation is 1. The minimum Gasteiger partial charge on any atom is -0.493 e. The molecule has 0 amide bonds. The second-order valence-corrected chi connectivity index (χ2v) is 9.95. The van der Waals surface area contributed by atoms with E-state index >= 15 is 0 Å². The number of nitrogens with one attached hydrogen (secondary N) is 1. The molecule has 0 saturated carbocycles. The second-order valence-electron chi connectivity index (χ2n) is 6.40. The third-order valence-electron chi connectivity index (χ3n) is 4.29. The van der Waals surface area contributed by atoms with E-state index in [-0.39, 0.29) is 21.5 Å². The Morgan fingerprint density at radius 2 is 1.57 bits per heavy atom. The molecule has 0 aliphatic rings. The predicted molar refractivity (Wildman–Crippen MR) is 107 cm³/mol. The van der Waals surface area contributed by atoms with E-state index in [1.165, 1.54) is 19.2 Å². The molecule has 2 rings (SSSR count). The first kappa shape index (κ1) is 22.0. The average Bonchev–Trinajstić information content (AvgIpc) is 2.59. The summed E-state index contributed by atoms with van der Waals surface area (Å²) in [5.74, 6) is 1.13. The zero-order chi connectivity index (χ0) is 21.3. The fourth-order valence-corrected chi connectivity index (χ4v) is 4.36. The van der Waals surface area contributed by atoms with Gasteiger partial charge in [0, 0.05) is 12.3 Å². The highest BCUT2D eigenvalue weighted by Gasteiger charge is 2.21. The molecule has 1 unspecified atom stereocenters. The van der Waals surface area contributed by atoms with E-state index in [2.05, 4.69) is 5.32 Å². The summed E-state index contributed by atoms with van der Waals surface area (Å²) in [7, 11) is -4.66. The van der Waals surface area contributed by atoms with E-state index in [9.17, 15) is 16.8 Å². The van der Waals surface area contributed by atoms with E-state index < -0.39 is 19.9 Å². The molecule has 28 heavy (non-hydrogen) atoms. The van der Waals surface area contributed by atoms with Crippen molar-refractivity contribution in [1.82, 2.24) is 0 Å². The largest absolute Gasteiger partial charge is 0.493 e. The maximum absolute atomic E-state index is 12.2. The molecule has 0 heterocycles. The van der Waals surface area contributed by atoms with Gasteiger partial charge in [0.2, 0.25) is 10.0 Å². The number of rotatable bonds is 7. The van der Waals surface area contributed by atoms with E-state index in [1.807, 2.05) is 26.0 Å². The van der Waals surface area contributed by atoms with Crippen LogP contribution in [0.15, 0.2) is 40.1 Å². The Morgan fingerprint density at radius 3 is 2.07 bits per heavy atom. The summed E-state index contributed by atoms with van der Waals surface area (Å²) in [4.78, 5) is -0.419. The third-order valence-corrected chi connectivity index (χ3v) is 6.34. The van der Waals surface area contributed by atoms with Crippen LogP contribution in [0.2, 0.25) is 0 Å². The van der Waals surface area contributed by atoms with Crippen molar-refractivity contribution in [3.63, 3.8) is 0 Å². The summed E-state index contributed by atoms with van der Waals surface area (Å²) in [5.41, 5.74) is 2.06. The molecule has 2 aromatic carbocycles. The van der Waals surface area contributed by atoms with Crippen LogP contribution in [0.1, 0.15) is 24.1 Å². The van der Waals surface area contributed by atoms with Crippen LogP contribution in [-0.4, -0.2) is 37.3 Å². The number of hydrogen-bond acceptors (Lipinski definition) is 7. The van der Waals surface area contributed by atoms with Gasteiger partial charge >= 0.3 is 0 Å². The third kappa shape index (κ3) is 4.75. The van der Waals surface area contributed by atoms with Gasteiger partial charge in [0.15, 0.2) is 21.3 Å². The minimum absolute atomic E-state index is 0.149. The highest BCUT2D eigenvalue weighted by molar-refractivity contribution is 7.91. The van der Waals surface area contributed by atoms with Gasteiger partial charge in [0.05, 0.1) is 29.7 Å². The quantitative estimate of drug-likeness (QED) is 0.693. The van der Waals surface area contributed by atoms with Crippen molar-refractivity contribution in [3.05, 3.63) is 41.5 Å². The summed E-state index contributed by atoms with van der Waals surface area (Å²) >= 11 is 0. The zero-order valence-corrected chi connectivity index (χ0v) is 17.9. The summed E-state index contributed by atoms with van der Waals surface area (Å²) in [6, 6.07) is 7.05. The van der Waals surface area contributed by atoms with Crippen molar-refractivity contribution in [1.29, 1.82) is 0 Å². The van der Waals surface area contributed by atoms with Crippen molar-refractivity contribution in [2.75, 3.05) is 25.8 Å². The maximum atomic E-state index is 12.2. The van der Waals surface area contributed by atoms with Crippen LogP contribution in [-0.2, 0) is 19.9 Å². The molecule has 3 N–H and O–H groups in total. The molecule has 154 valence electrons. The summed E-state index contributed by atoms with van der Waals surface area (Å²) in [6.07, 6.45) is 1.01. The van der Waals surface area contributed by atoms with Crippen molar-refractivity contribution in [2.24, 2.45) is 5.14 Å². The molecule has 10 heteroatoms. The lowest BCUT2D eigenvalue weighted by Gasteiger charge is -2.21. The van der Waals surface area contributed by atoms with E-state index in [4.69, 9.17) is 14.6 Å². The fourth-order valence-electron chi connectivity index (χ4n) is 2.88. The Kier molecular flexibility index (Phi) is 6.27. The topological polar surface area (TPSA) is 125 Å². The first-order valence-electron chi connectivity index (χ1n) is 8.24. The number of hydrogen-bond donors (Lipinski definition) is 2. The molecular formula is C18H24N2O6S2. The number of methoxy groups -OCH3 is 2.